The molecule has 0 saturated heterocycles. The maximum absolute atomic E-state index is 13.2. The van der Waals surface area contributed by atoms with Gasteiger partial charge in [-0.3, -0.25) is 9.78 Å². The molecule has 1 aromatic carbocycles. The molecule has 6 heteroatoms. The molecule has 2 aromatic heterocycles. The van der Waals surface area contributed by atoms with Gasteiger partial charge in [-0.2, -0.15) is 0 Å². The van der Waals surface area contributed by atoms with Crippen LogP contribution in [-0.4, -0.2) is 15.9 Å². The van der Waals surface area contributed by atoms with Crippen LogP contribution in [0.1, 0.15) is 16.4 Å². The summed E-state index contributed by atoms with van der Waals surface area (Å²) in [5.74, 6) is -0.562. The molecule has 126 valence electrons. The number of benzene rings is 1. The van der Waals surface area contributed by atoms with Crippen molar-refractivity contribution in [2.24, 2.45) is 0 Å². The van der Waals surface area contributed by atoms with Crippen LogP contribution in [0.15, 0.2) is 60.1 Å². The molecule has 3 aromatic rings. The van der Waals surface area contributed by atoms with Crippen LogP contribution in [0.2, 0.25) is 0 Å². The molecule has 0 aliphatic carbocycles. The first-order chi connectivity index (χ1) is 12.1. The fourth-order valence-corrected chi connectivity index (χ4v) is 2.89. The first kappa shape index (κ1) is 17.0. The number of carbonyl (C=O) groups excluding carboxylic acids is 1. The Balaban J connectivity index is 1.85. The Morgan fingerprint density at radius 3 is 2.68 bits per heavy atom. The smallest absolute Gasteiger partial charge is 0.251 e. The summed E-state index contributed by atoms with van der Waals surface area (Å²) in [4.78, 5) is 22.8. The van der Waals surface area contributed by atoms with Crippen molar-refractivity contribution in [3.05, 3.63) is 82.3 Å². The van der Waals surface area contributed by atoms with Crippen LogP contribution >= 0.6 is 11.3 Å². The van der Waals surface area contributed by atoms with E-state index in [1.165, 1.54) is 29.5 Å². The minimum atomic E-state index is -0.343. The highest BCUT2D eigenvalue weighted by atomic mass is 32.1. The van der Waals surface area contributed by atoms with Gasteiger partial charge in [-0.25, -0.2) is 9.37 Å². The molecule has 0 aliphatic rings. The molecule has 1 amide bonds. The van der Waals surface area contributed by atoms with Gasteiger partial charge in [0.2, 0.25) is 0 Å². The number of rotatable bonds is 5. The van der Waals surface area contributed by atoms with Crippen LogP contribution in [0.5, 0.6) is 0 Å². The van der Waals surface area contributed by atoms with E-state index >= 15 is 0 Å². The average molecular weight is 353 g/mol. The molecule has 0 saturated carbocycles. The Kier molecular flexibility index (Phi) is 5.30. The Hall–Kier alpha value is -2.86. The van der Waals surface area contributed by atoms with Crippen LogP contribution in [0.25, 0.3) is 6.08 Å². The molecule has 2 heterocycles. The summed E-state index contributed by atoms with van der Waals surface area (Å²) < 4.78 is 13.2. The van der Waals surface area contributed by atoms with Gasteiger partial charge in [0.25, 0.3) is 5.91 Å². The predicted octanol–water partition coefficient (Wildman–Crippen LogP) is 4.23. The van der Waals surface area contributed by atoms with Crippen molar-refractivity contribution >= 4 is 29.0 Å². The SMILES string of the molecule is Cc1nc(CN(C(=O)/C=C/c2ccccn2)c2ccc(F)cc2)cs1. The lowest BCUT2D eigenvalue weighted by Crippen LogP contribution is -2.28. The number of anilines is 1. The van der Waals surface area contributed by atoms with E-state index in [2.05, 4.69) is 9.97 Å². The summed E-state index contributed by atoms with van der Waals surface area (Å²) in [5, 5.41) is 2.85. The third kappa shape index (κ3) is 4.58. The Bertz CT molecular complexity index is 875. The van der Waals surface area contributed by atoms with Gasteiger partial charge in [-0.15, -0.1) is 11.3 Å². The van der Waals surface area contributed by atoms with E-state index in [9.17, 15) is 9.18 Å². The molecule has 25 heavy (non-hydrogen) atoms. The molecule has 0 unspecified atom stereocenters. The van der Waals surface area contributed by atoms with Crippen molar-refractivity contribution in [1.29, 1.82) is 0 Å². The number of pyridine rings is 1. The monoisotopic (exact) mass is 353 g/mol. The molecule has 0 aliphatic heterocycles. The maximum Gasteiger partial charge on any atom is 0.251 e. The van der Waals surface area contributed by atoms with Crippen LogP contribution in [0, 0.1) is 12.7 Å². The zero-order valence-electron chi connectivity index (χ0n) is 13.6. The van der Waals surface area contributed by atoms with E-state index < -0.39 is 0 Å². The van der Waals surface area contributed by atoms with E-state index in [0.717, 1.165) is 10.7 Å². The van der Waals surface area contributed by atoms with Gasteiger partial charge in [-0.1, -0.05) is 6.07 Å². The van der Waals surface area contributed by atoms with Crippen molar-refractivity contribution in [3.8, 4) is 0 Å². The number of hydrogen-bond donors (Lipinski definition) is 0. The number of carbonyl (C=O) groups is 1. The van der Waals surface area contributed by atoms with Crippen LogP contribution in [0.4, 0.5) is 10.1 Å². The lowest BCUT2D eigenvalue weighted by Gasteiger charge is -2.20. The lowest BCUT2D eigenvalue weighted by atomic mass is 10.2. The van der Waals surface area contributed by atoms with E-state index in [-0.39, 0.29) is 11.7 Å². The van der Waals surface area contributed by atoms with Crippen LogP contribution in [-0.2, 0) is 11.3 Å². The van der Waals surface area contributed by atoms with Gasteiger partial charge >= 0.3 is 0 Å². The van der Waals surface area contributed by atoms with Crippen molar-refractivity contribution in [1.82, 2.24) is 9.97 Å². The molecular formula is C19H16FN3OS. The van der Waals surface area contributed by atoms with Gasteiger partial charge in [-0.05, 0) is 49.4 Å². The Labute approximate surface area is 149 Å². The summed E-state index contributed by atoms with van der Waals surface area (Å²) in [6.07, 6.45) is 4.79. The third-order valence-corrected chi connectivity index (χ3v) is 4.30. The van der Waals surface area contributed by atoms with E-state index in [1.807, 2.05) is 30.5 Å². The van der Waals surface area contributed by atoms with Crippen molar-refractivity contribution < 1.29 is 9.18 Å². The minimum Gasteiger partial charge on any atom is -0.303 e. The normalized spacial score (nSPS) is 11.0. The fraction of sp³-hybridized carbons (Fsp3) is 0.105. The van der Waals surface area contributed by atoms with E-state index in [0.29, 0.717) is 17.9 Å². The standard InChI is InChI=1S/C19H16FN3OS/c1-14-22-17(13-25-14)12-23(18-8-5-15(20)6-9-18)19(24)10-7-16-4-2-3-11-21-16/h2-11,13H,12H2,1H3/b10-7+. The zero-order valence-corrected chi connectivity index (χ0v) is 14.4. The van der Waals surface area contributed by atoms with Gasteiger partial charge in [0, 0.05) is 23.3 Å². The highest BCUT2D eigenvalue weighted by Gasteiger charge is 2.15. The fourth-order valence-electron chi connectivity index (χ4n) is 2.28. The zero-order chi connectivity index (χ0) is 17.6. The number of aryl methyl sites for hydroxylation is 1. The molecule has 3 rings (SSSR count). The highest BCUT2D eigenvalue weighted by Crippen LogP contribution is 2.20. The second-order valence-electron chi connectivity index (χ2n) is 5.35. The van der Waals surface area contributed by atoms with Gasteiger partial charge < -0.3 is 4.90 Å². The Morgan fingerprint density at radius 2 is 2.04 bits per heavy atom. The highest BCUT2D eigenvalue weighted by molar-refractivity contribution is 7.09. The number of aromatic nitrogens is 2. The first-order valence-corrected chi connectivity index (χ1v) is 8.57. The van der Waals surface area contributed by atoms with E-state index in [1.54, 1.807) is 29.3 Å². The molecule has 0 bridgehead atoms. The lowest BCUT2D eigenvalue weighted by molar-refractivity contribution is -0.114. The number of hydrogen-bond acceptors (Lipinski definition) is 4. The summed E-state index contributed by atoms with van der Waals surface area (Å²) in [5.41, 5.74) is 2.11. The third-order valence-electron chi connectivity index (χ3n) is 3.48. The predicted molar refractivity (Wildman–Crippen MR) is 97.7 cm³/mol. The molecule has 4 nitrogen and oxygen atoms in total. The Morgan fingerprint density at radius 1 is 1.24 bits per heavy atom. The number of thiazole rings is 1. The van der Waals surface area contributed by atoms with Crippen molar-refractivity contribution in [3.63, 3.8) is 0 Å². The maximum atomic E-state index is 13.2. The average Bonchev–Trinajstić information content (AvgIpc) is 3.04. The second-order valence-corrected chi connectivity index (χ2v) is 6.41. The topological polar surface area (TPSA) is 46.1 Å². The van der Waals surface area contributed by atoms with Gasteiger partial charge in [0.1, 0.15) is 5.82 Å². The van der Waals surface area contributed by atoms with Gasteiger partial charge in [0.05, 0.1) is 22.9 Å². The van der Waals surface area contributed by atoms with Gasteiger partial charge in [0.15, 0.2) is 0 Å². The minimum absolute atomic E-state index is 0.220. The number of nitrogens with zero attached hydrogens (tertiary/aromatic N) is 3. The summed E-state index contributed by atoms with van der Waals surface area (Å²) >= 11 is 1.53. The summed E-state index contributed by atoms with van der Waals surface area (Å²) in [6, 6.07) is 11.3. The molecule has 0 radical (unpaired) electrons. The summed E-state index contributed by atoms with van der Waals surface area (Å²) in [6.45, 7) is 2.24. The van der Waals surface area contributed by atoms with Crippen molar-refractivity contribution in [2.75, 3.05) is 4.90 Å². The number of amides is 1. The van der Waals surface area contributed by atoms with E-state index in [4.69, 9.17) is 0 Å². The summed E-state index contributed by atoms with van der Waals surface area (Å²) in [7, 11) is 0. The van der Waals surface area contributed by atoms with Crippen LogP contribution in [0.3, 0.4) is 0 Å². The molecule has 0 spiro atoms. The second kappa shape index (κ2) is 7.81. The number of halogens is 1. The molecule has 0 fully saturated rings. The van der Waals surface area contributed by atoms with Crippen LogP contribution < -0.4 is 4.90 Å². The quantitative estimate of drug-likeness (QED) is 0.645. The largest absolute Gasteiger partial charge is 0.303 e. The molecular weight excluding hydrogens is 337 g/mol. The molecule has 0 atom stereocenters. The molecule has 0 N–H and O–H groups in total. The first-order valence-electron chi connectivity index (χ1n) is 7.69. The van der Waals surface area contributed by atoms with Crippen molar-refractivity contribution in [2.45, 2.75) is 13.5 Å².